The summed E-state index contributed by atoms with van der Waals surface area (Å²) in [6, 6.07) is 11.5. The third kappa shape index (κ3) is 3.90. The first-order chi connectivity index (χ1) is 9.45. The van der Waals surface area contributed by atoms with Gasteiger partial charge in [-0.1, -0.05) is 29.8 Å². The van der Waals surface area contributed by atoms with Crippen LogP contribution in [0.5, 0.6) is 0 Å². The monoisotopic (exact) mass is 335 g/mol. The second kappa shape index (κ2) is 6.51. The molecule has 0 fully saturated rings. The molecule has 0 aliphatic heterocycles. The number of hydrogen-bond acceptors (Lipinski definition) is 1. The maximum Gasteiger partial charge on any atom is 0.137 e. The molecule has 1 nitrogen and oxygen atoms in total. The van der Waals surface area contributed by atoms with Crippen LogP contribution >= 0.6 is 15.9 Å². The van der Waals surface area contributed by atoms with Crippen LogP contribution in [0.15, 0.2) is 40.9 Å². The largest absolute Gasteiger partial charge is 0.327 e. The molecule has 2 aromatic carbocycles. The Bertz CT molecular complexity index is 610. The first kappa shape index (κ1) is 15.2. The Kier molecular flexibility index (Phi) is 4.95. The van der Waals surface area contributed by atoms with Gasteiger partial charge in [0.25, 0.3) is 0 Å². The summed E-state index contributed by atoms with van der Waals surface area (Å²) in [5.41, 5.74) is 11.1. The van der Waals surface area contributed by atoms with Gasteiger partial charge in [-0.3, -0.25) is 0 Å². The quantitative estimate of drug-likeness (QED) is 0.884. The van der Waals surface area contributed by atoms with Gasteiger partial charge in [0, 0.05) is 6.04 Å². The molecule has 0 spiro atoms. The molecule has 0 aromatic heterocycles. The molecule has 0 bridgehead atoms. The van der Waals surface area contributed by atoms with E-state index in [1.54, 1.807) is 12.1 Å². The van der Waals surface area contributed by atoms with Crippen molar-refractivity contribution in [3.8, 4) is 0 Å². The van der Waals surface area contributed by atoms with Crippen LogP contribution in [0.3, 0.4) is 0 Å². The highest BCUT2D eigenvalue weighted by Gasteiger charge is 2.09. The maximum atomic E-state index is 13.2. The Hall–Kier alpha value is -1.19. The lowest BCUT2D eigenvalue weighted by atomic mass is 9.96. The van der Waals surface area contributed by atoms with Crippen molar-refractivity contribution in [2.75, 3.05) is 0 Å². The van der Waals surface area contributed by atoms with Crippen molar-refractivity contribution < 1.29 is 4.39 Å². The van der Waals surface area contributed by atoms with Gasteiger partial charge in [-0.15, -0.1) is 0 Å². The standard InChI is InChI=1S/C17H19BrFN/c1-11-3-4-12(2)14(7-11)10-15(20)8-13-5-6-17(19)16(18)9-13/h3-7,9,15H,8,10,20H2,1-2H3. The van der Waals surface area contributed by atoms with E-state index in [-0.39, 0.29) is 11.9 Å². The van der Waals surface area contributed by atoms with Crippen molar-refractivity contribution in [3.05, 3.63) is 68.9 Å². The third-order valence-electron chi connectivity index (χ3n) is 3.47. The van der Waals surface area contributed by atoms with Crippen LogP contribution < -0.4 is 5.73 Å². The molecule has 0 amide bonds. The molecule has 0 aliphatic rings. The molecule has 0 saturated carbocycles. The first-order valence-electron chi connectivity index (χ1n) is 6.71. The van der Waals surface area contributed by atoms with E-state index < -0.39 is 0 Å². The maximum absolute atomic E-state index is 13.2. The molecule has 0 aliphatic carbocycles. The van der Waals surface area contributed by atoms with Crippen molar-refractivity contribution in [1.82, 2.24) is 0 Å². The number of hydrogen-bond donors (Lipinski definition) is 1. The van der Waals surface area contributed by atoms with Crippen molar-refractivity contribution in [1.29, 1.82) is 0 Å². The highest BCUT2D eigenvalue weighted by atomic mass is 79.9. The van der Waals surface area contributed by atoms with Crippen LogP contribution in [0.25, 0.3) is 0 Å². The summed E-state index contributed by atoms with van der Waals surface area (Å²) >= 11 is 3.21. The highest BCUT2D eigenvalue weighted by Crippen LogP contribution is 2.19. The molecule has 0 radical (unpaired) electrons. The van der Waals surface area contributed by atoms with Crippen molar-refractivity contribution >= 4 is 15.9 Å². The number of aryl methyl sites for hydroxylation is 2. The number of benzene rings is 2. The summed E-state index contributed by atoms with van der Waals surface area (Å²) in [6.07, 6.45) is 1.58. The average Bonchev–Trinajstić information content (AvgIpc) is 2.38. The number of rotatable bonds is 4. The van der Waals surface area contributed by atoms with Crippen LogP contribution in [0.1, 0.15) is 22.3 Å². The second-order valence-electron chi connectivity index (χ2n) is 5.35. The fourth-order valence-electron chi connectivity index (χ4n) is 2.34. The Morgan fingerprint density at radius 1 is 1.10 bits per heavy atom. The zero-order valence-electron chi connectivity index (χ0n) is 11.8. The minimum absolute atomic E-state index is 0.0351. The first-order valence-corrected chi connectivity index (χ1v) is 7.50. The predicted octanol–water partition coefficient (Wildman–Crippen LogP) is 4.32. The van der Waals surface area contributed by atoms with E-state index in [1.807, 2.05) is 0 Å². The SMILES string of the molecule is Cc1ccc(C)c(CC(N)Cc2ccc(F)c(Br)c2)c1. The summed E-state index contributed by atoms with van der Waals surface area (Å²) in [4.78, 5) is 0. The second-order valence-corrected chi connectivity index (χ2v) is 6.20. The highest BCUT2D eigenvalue weighted by molar-refractivity contribution is 9.10. The minimum Gasteiger partial charge on any atom is -0.327 e. The third-order valence-corrected chi connectivity index (χ3v) is 4.08. The van der Waals surface area contributed by atoms with E-state index in [1.165, 1.54) is 22.8 Å². The molecule has 2 N–H and O–H groups in total. The Labute approximate surface area is 128 Å². The van der Waals surface area contributed by atoms with Gasteiger partial charge >= 0.3 is 0 Å². The van der Waals surface area contributed by atoms with Gasteiger partial charge in [0.05, 0.1) is 4.47 Å². The molecule has 1 unspecified atom stereocenters. The van der Waals surface area contributed by atoms with Gasteiger partial charge in [-0.05, 0) is 71.4 Å². The molecule has 106 valence electrons. The van der Waals surface area contributed by atoms with Crippen LogP contribution in [0.2, 0.25) is 0 Å². The number of halogens is 2. The van der Waals surface area contributed by atoms with Crippen LogP contribution in [-0.2, 0) is 12.8 Å². The summed E-state index contributed by atoms with van der Waals surface area (Å²) in [5.74, 6) is -0.239. The van der Waals surface area contributed by atoms with Crippen molar-refractivity contribution in [3.63, 3.8) is 0 Å². The van der Waals surface area contributed by atoms with Gasteiger partial charge in [-0.2, -0.15) is 0 Å². The Balaban J connectivity index is 2.06. The van der Waals surface area contributed by atoms with Crippen LogP contribution in [0.4, 0.5) is 4.39 Å². The lowest BCUT2D eigenvalue weighted by molar-refractivity contribution is 0.617. The lowest BCUT2D eigenvalue weighted by Gasteiger charge is -2.14. The van der Waals surface area contributed by atoms with Gasteiger partial charge in [0.15, 0.2) is 0 Å². The molecular formula is C17H19BrFN. The molecule has 2 rings (SSSR count). The summed E-state index contributed by atoms with van der Waals surface area (Å²) in [7, 11) is 0. The molecule has 20 heavy (non-hydrogen) atoms. The lowest BCUT2D eigenvalue weighted by Crippen LogP contribution is -2.26. The van der Waals surface area contributed by atoms with Crippen LogP contribution in [-0.4, -0.2) is 6.04 Å². The zero-order valence-corrected chi connectivity index (χ0v) is 13.4. The van der Waals surface area contributed by atoms with Crippen molar-refractivity contribution in [2.45, 2.75) is 32.7 Å². The van der Waals surface area contributed by atoms with Crippen LogP contribution in [0, 0.1) is 19.7 Å². The molecule has 3 heteroatoms. The van der Waals surface area contributed by atoms with Gasteiger partial charge in [0.1, 0.15) is 5.82 Å². The predicted molar refractivity (Wildman–Crippen MR) is 85.4 cm³/mol. The van der Waals surface area contributed by atoms with Gasteiger partial charge in [-0.25, -0.2) is 4.39 Å². The smallest absolute Gasteiger partial charge is 0.137 e. The van der Waals surface area contributed by atoms with E-state index >= 15 is 0 Å². The molecule has 0 saturated heterocycles. The summed E-state index contributed by atoms with van der Waals surface area (Å²) in [5, 5.41) is 0. The fourth-order valence-corrected chi connectivity index (χ4v) is 2.77. The minimum atomic E-state index is -0.239. The van der Waals surface area contributed by atoms with Gasteiger partial charge < -0.3 is 5.73 Å². The molecule has 2 aromatic rings. The molecular weight excluding hydrogens is 317 g/mol. The summed E-state index contributed by atoms with van der Waals surface area (Å²) in [6.45, 7) is 4.20. The van der Waals surface area contributed by atoms with E-state index in [9.17, 15) is 4.39 Å². The van der Waals surface area contributed by atoms with E-state index in [0.717, 1.165) is 18.4 Å². The molecule has 0 heterocycles. The normalized spacial score (nSPS) is 12.4. The zero-order chi connectivity index (χ0) is 14.7. The topological polar surface area (TPSA) is 26.0 Å². The van der Waals surface area contributed by atoms with E-state index in [0.29, 0.717) is 4.47 Å². The van der Waals surface area contributed by atoms with E-state index in [2.05, 4.69) is 48.0 Å². The number of nitrogens with two attached hydrogens (primary N) is 1. The van der Waals surface area contributed by atoms with Gasteiger partial charge in [0.2, 0.25) is 0 Å². The Morgan fingerprint density at radius 3 is 2.55 bits per heavy atom. The average molecular weight is 336 g/mol. The Morgan fingerprint density at radius 2 is 1.85 bits per heavy atom. The molecule has 1 atom stereocenters. The summed E-state index contributed by atoms with van der Waals surface area (Å²) < 4.78 is 13.7. The van der Waals surface area contributed by atoms with E-state index in [4.69, 9.17) is 5.73 Å². The fraction of sp³-hybridized carbons (Fsp3) is 0.294. The van der Waals surface area contributed by atoms with Crippen molar-refractivity contribution in [2.24, 2.45) is 5.73 Å².